The topological polar surface area (TPSA) is 98.1 Å². The van der Waals surface area contributed by atoms with Gasteiger partial charge in [-0.3, -0.25) is 4.79 Å². The molecular formula is C21H17Cl2N5O3. The van der Waals surface area contributed by atoms with Gasteiger partial charge in [0.05, 0.1) is 12.7 Å². The van der Waals surface area contributed by atoms with Gasteiger partial charge in [-0.15, -0.1) is 5.10 Å². The molecule has 0 radical (unpaired) electrons. The Morgan fingerprint density at radius 2 is 1.84 bits per heavy atom. The molecule has 1 atom stereocenters. The molecule has 0 saturated heterocycles. The molecular weight excluding hydrogens is 441 g/mol. The standard InChI is InChI=1S/C21H17Cl2N5O3/c1-11-16(19(29)25-13-9-7-12(22)8-10-13)17(14-5-3-4-6-15(14)23)28-21(24-11)26-18(27-28)20(30)31-2/h3-10,17H,1-2H3,(H,25,29)(H,24,26,27)/t17-/m1/s1. The molecule has 1 aliphatic rings. The number of carbonyl (C=O) groups excluding carboxylic acids is 2. The molecule has 0 bridgehead atoms. The molecule has 158 valence electrons. The number of nitrogens with one attached hydrogen (secondary N) is 2. The molecule has 1 amide bonds. The summed E-state index contributed by atoms with van der Waals surface area (Å²) in [7, 11) is 1.25. The summed E-state index contributed by atoms with van der Waals surface area (Å²) in [5.41, 5.74) is 2.13. The molecule has 31 heavy (non-hydrogen) atoms. The smallest absolute Gasteiger partial charge is 0.378 e. The number of esters is 1. The van der Waals surface area contributed by atoms with Crippen molar-refractivity contribution in [2.45, 2.75) is 13.0 Å². The van der Waals surface area contributed by atoms with Crippen molar-refractivity contribution in [3.05, 3.63) is 81.2 Å². The number of halogens is 2. The highest BCUT2D eigenvalue weighted by Gasteiger charge is 2.36. The lowest BCUT2D eigenvalue weighted by Crippen LogP contribution is -2.31. The maximum atomic E-state index is 13.3. The minimum atomic E-state index is -0.719. The second kappa shape index (κ2) is 8.41. The fraction of sp³-hybridized carbons (Fsp3) is 0.143. The number of rotatable bonds is 4. The van der Waals surface area contributed by atoms with E-state index in [1.807, 2.05) is 6.07 Å². The first-order valence-electron chi connectivity index (χ1n) is 9.23. The van der Waals surface area contributed by atoms with Gasteiger partial charge in [-0.2, -0.15) is 4.98 Å². The maximum absolute atomic E-state index is 13.3. The first kappa shape index (κ1) is 20.9. The van der Waals surface area contributed by atoms with Gasteiger partial charge in [0.1, 0.15) is 6.04 Å². The molecule has 2 aromatic carbocycles. The highest BCUT2D eigenvalue weighted by atomic mass is 35.5. The van der Waals surface area contributed by atoms with Crippen LogP contribution in [-0.4, -0.2) is 33.8 Å². The van der Waals surface area contributed by atoms with Gasteiger partial charge in [-0.25, -0.2) is 9.48 Å². The minimum absolute atomic E-state index is 0.130. The third-order valence-electron chi connectivity index (χ3n) is 4.77. The van der Waals surface area contributed by atoms with Crippen molar-refractivity contribution >= 4 is 46.7 Å². The molecule has 1 aromatic heterocycles. The van der Waals surface area contributed by atoms with E-state index in [-0.39, 0.29) is 11.7 Å². The summed E-state index contributed by atoms with van der Waals surface area (Å²) in [5, 5.41) is 11.2. The Morgan fingerprint density at radius 1 is 1.13 bits per heavy atom. The van der Waals surface area contributed by atoms with Crippen LogP contribution in [-0.2, 0) is 9.53 Å². The van der Waals surface area contributed by atoms with Crippen molar-refractivity contribution in [3.63, 3.8) is 0 Å². The Balaban J connectivity index is 1.81. The van der Waals surface area contributed by atoms with Crippen molar-refractivity contribution in [2.24, 2.45) is 0 Å². The van der Waals surface area contributed by atoms with Gasteiger partial charge in [0.15, 0.2) is 0 Å². The van der Waals surface area contributed by atoms with Crippen LogP contribution in [0, 0.1) is 0 Å². The number of methoxy groups -OCH3 is 1. The molecule has 1 aliphatic heterocycles. The third kappa shape index (κ3) is 3.99. The van der Waals surface area contributed by atoms with E-state index in [0.29, 0.717) is 38.5 Å². The first-order chi connectivity index (χ1) is 14.9. The van der Waals surface area contributed by atoms with Crippen LogP contribution < -0.4 is 10.6 Å². The van der Waals surface area contributed by atoms with Gasteiger partial charge in [0.2, 0.25) is 5.95 Å². The van der Waals surface area contributed by atoms with E-state index in [4.69, 9.17) is 27.9 Å². The van der Waals surface area contributed by atoms with Crippen molar-refractivity contribution in [2.75, 3.05) is 17.7 Å². The van der Waals surface area contributed by atoms with Gasteiger partial charge < -0.3 is 15.4 Å². The monoisotopic (exact) mass is 457 g/mol. The van der Waals surface area contributed by atoms with E-state index in [2.05, 4.69) is 20.7 Å². The van der Waals surface area contributed by atoms with Crippen LogP contribution in [0.4, 0.5) is 11.6 Å². The SMILES string of the molecule is COC(=O)c1nc2n(n1)[C@H](c1ccccc1Cl)C(C(=O)Nc1ccc(Cl)cc1)=C(C)N2. The van der Waals surface area contributed by atoms with E-state index in [1.54, 1.807) is 49.4 Å². The zero-order valence-electron chi connectivity index (χ0n) is 16.5. The van der Waals surface area contributed by atoms with Gasteiger partial charge in [-0.1, -0.05) is 41.4 Å². The number of benzene rings is 2. The van der Waals surface area contributed by atoms with Crippen molar-refractivity contribution in [1.29, 1.82) is 0 Å². The van der Waals surface area contributed by atoms with Gasteiger partial charge in [-0.05, 0) is 37.3 Å². The zero-order chi connectivity index (χ0) is 22.1. The van der Waals surface area contributed by atoms with E-state index in [1.165, 1.54) is 11.8 Å². The number of aromatic nitrogens is 3. The quantitative estimate of drug-likeness (QED) is 0.566. The fourth-order valence-corrected chi connectivity index (χ4v) is 3.70. The molecule has 0 saturated carbocycles. The van der Waals surface area contributed by atoms with E-state index in [0.717, 1.165) is 0 Å². The number of hydrogen-bond acceptors (Lipinski definition) is 6. The second-order valence-electron chi connectivity index (χ2n) is 6.74. The highest BCUT2D eigenvalue weighted by molar-refractivity contribution is 6.31. The predicted molar refractivity (Wildman–Crippen MR) is 117 cm³/mol. The number of ether oxygens (including phenoxy) is 1. The summed E-state index contributed by atoms with van der Waals surface area (Å²) in [5.74, 6) is -0.885. The van der Waals surface area contributed by atoms with Crippen molar-refractivity contribution in [3.8, 4) is 0 Å². The fourth-order valence-electron chi connectivity index (χ4n) is 3.34. The number of hydrogen-bond donors (Lipinski definition) is 2. The van der Waals surface area contributed by atoms with Crippen LogP contribution >= 0.6 is 23.2 Å². The lowest BCUT2D eigenvalue weighted by atomic mass is 9.95. The van der Waals surface area contributed by atoms with Crippen LogP contribution in [0.15, 0.2) is 59.8 Å². The zero-order valence-corrected chi connectivity index (χ0v) is 18.0. The Hall–Kier alpha value is -3.36. The lowest BCUT2D eigenvalue weighted by Gasteiger charge is -2.29. The molecule has 0 spiro atoms. The number of amides is 1. The van der Waals surface area contributed by atoms with Crippen LogP contribution in [0.1, 0.15) is 29.1 Å². The molecule has 8 nitrogen and oxygen atoms in total. The number of anilines is 2. The third-order valence-corrected chi connectivity index (χ3v) is 5.36. The van der Waals surface area contributed by atoms with Crippen LogP contribution in [0.5, 0.6) is 0 Å². The minimum Gasteiger partial charge on any atom is -0.463 e. The lowest BCUT2D eigenvalue weighted by molar-refractivity contribution is -0.113. The van der Waals surface area contributed by atoms with Crippen LogP contribution in [0.25, 0.3) is 0 Å². The van der Waals surface area contributed by atoms with E-state index >= 15 is 0 Å². The molecule has 0 aliphatic carbocycles. The highest BCUT2D eigenvalue weighted by Crippen LogP contribution is 2.38. The number of fused-ring (bicyclic) bond motifs is 1. The summed E-state index contributed by atoms with van der Waals surface area (Å²) >= 11 is 12.4. The molecule has 4 rings (SSSR count). The summed E-state index contributed by atoms with van der Waals surface area (Å²) in [4.78, 5) is 29.5. The van der Waals surface area contributed by atoms with E-state index in [9.17, 15) is 9.59 Å². The average Bonchev–Trinajstić information content (AvgIpc) is 3.18. The summed E-state index contributed by atoms with van der Waals surface area (Å²) in [6, 6.07) is 13.2. The largest absolute Gasteiger partial charge is 0.463 e. The first-order valence-corrected chi connectivity index (χ1v) is 9.98. The normalized spacial score (nSPS) is 15.2. The molecule has 10 heteroatoms. The number of carbonyl (C=O) groups is 2. The van der Waals surface area contributed by atoms with Crippen molar-refractivity contribution < 1.29 is 14.3 Å². The maximum Gasteiger partial charge on any atom is 0.378 e. The molecule has 0 unspecified atom stereocenters. The van der Waals surface area contributed by atoms with Gasteiger partial charge in [0.25, 0.3) is 11.7 Å². The number of nitrogens with zero attached hydrogens (tertiary/aromatic N) is 3. The molecule has 3 aromatic rings. The summed E-state index contributed by atoms with van der Waals surface area (Å²) < 4.78 is 6.19. The average molecular weight is 458 g/mol. The van der Waals surface area contributed by atoms with Crippen LogP contribution in [0.2, 0.25) is 10.0 Å². The van der Waals surface area contributed by atoms with Crippen LogP contribution in [0.3, 0.4) is 0 Å². The van der Waals surface area contributed by atoms with Gasteiger partial charge >= 0.3 is 5.97 Å². The summed E-state index contributed by atoms with van der Waals surface area (Å²) in [6.45, 7) is 1.75. The Labute approximate surface area is 187 Å². The molecule has 0 fully saturated rings. The predicted octanol–water partition coefficient (Wildman–Crippen LogP) is 4.30. The molecule has 2 heterocycles. The Morgan fingerprint density at radius 3 is 2.52 bits per heavy atom. The van der Waals surface area contributed by atoms with Gasteiger partial charge in [0, 0.05) is 27.0 Å². The number of allylic oxidation sites excluding steroid dienone is 1. The van der Waals surface area contributed by atoms with E-state index < -0.39 is 12.0 Å². The second-order valence-corrected chi connectivity index (χ2v) is 7.59. The van der Waals surface area contributed by atoms with Crippen molar-refractivity contribution in [1.82, 2.24) is 14.8 Å². The molecule has 2 N–H and O–H groups in total. The summed E-state index contributed by atoms with van der Waals surface area (Å²) in [6.07, 6.45) is 0. The Kier molecular flexibility index (Phi) is 5.67. The Bertz CT molecular complexity index is 1200.